The molecule has 0 spiro atoms. The normalized spacial score (nSPS) is 22.6. The van der Waals surface area contributed by atoms with Gasteiger partial charge in [-0.15, -0.1) is 0 Å². The summed E-state index contributed by atoms with van der Waals surface area (Å²) in [5.74, 6) is -0.928. The highest BCUT2D eigenvalue weighted by Gasteiger charge is 2.26. The number of amides is 1. The lowest BCUT2D eigenvalue weighted by Gasteiger charge is -2.28. The number of benzene rings is 1. The molecule has 0 bridgehead atoms. The van der Waals surface area contributed by atoms with Crippen LogP contribution in [0.1, 0.15) is 40.5 Å². The molecule has 1 unspecified atom stereocenters. The van der Waals surface area contributed by atoms with Crippen molar-refractivity contribution < 1.29 is 19.0 Å². The fourth-order valence-electron chi connectivity index (χ4n) is 4.41. The van der Waals surface area contributed by atoms with Crippen molar-refractivity contribution >= 4 is 23.0 Å². The Bertz CT molecular complexity index is 1280. The number of nitrogens with zero attached hydrogens (tertiary/aromatic N) is 4. The summed E-state index contributed by atoms with van der Waals surface area (Å²) >= 11 is 0. The zero-order valence-electron chi connectivity index (χ0n) is 18.8. The lowest BCUT2D eigenvalue weighted by Crippen LogP contribution is -2.48. The van der Waals surface area contributed by atoms with Gasteiger partial charge in [-0.3, -0.25) is 14.5 Å². The van der Waals surface area contributed by atoms with Crippen LogP contribution in [0.25, 0.3) is 10.9 Å². The molecule has 0 aliphatic carbocycles. The first-order valence-electron chi connectivity index (χ1n) is 11.3. The smallest absolute Gasteiger partial charge is 0.270 e. The third kappa shape index (κ3) is 4.62. The zero-order valence-corrected chi connectivity index (χ0v) is 18.8. The van der Waals surface area contributed by atoms with E-state index >= 15 is 0 Å². The van der Waals surface area contributed by atoms with E-state index in [0.717, 1.165) is 23.1 Å². The number of pyridine rings is 1. The van der Waals surface area contributed by atoms with E-state index in [4.69, 9.17) is 4.74 Å². The van der Waals surface area contributed by atoms with E-state index in [1.807, 2.05) is 31.7 Å². The molecule has 0 radical (unpaired) electrons. The Balaban J connectivity index is 1.40. The maximum atomic E-state index is 14.7. The number of halogens is 1. The lowest BCUT2D eigenvalue weighted by molar-refractivity contribution is -0.0261. The molecule has 3 atom stereocenters. The molecular weight excluding hydrogens is 437 g/mol. The minimum atomic E-state index is -0.786. The standard InChI is InChI=1S/C25H26FN5O3/c1-31-13-17(12-28-31)20-6-5-15(11-27-20)9-16-10-22(29-24-18(16)3-2-4-19(24)26)25(33)30-21-7-8-34-14-23(21)32/h2-5,10-13,20-21,23,32H,6-9,14H2,1H3,(H,30,33)/t20?,21-,23-/m0/s1. The number of nitrogens with one attached hydrogen (secondary N) is 1. The first-order valence-corrected chi connectivity index (χ1v) is 11.3. The summed E-state index contributed by atoms with van der Waals surface area (Å²) in [6.45, 7) is 0.629. The average molecular weight is 464 g/mol. The molecule has 5 rings (SSSR count). The molecule has 3 aromatic rings. The number of ether oxygens (including phenoxy) is 1. The van der Waals surface area contributed by atoms with Gasteiger partial charge in [-0.05, 0) is 42.5 Å². The fraction of sp³-hybridized carbons (Fsp3) is 0.360. The maximum Gasteiger partial charge on any atom is 0.270 e. The Labute approximate surface area is 196 Å². The molecule has 8 nitrogen and oxygen atoms in total. The van der Waals surface area contributed by atoms with E-state index in [1.165, 1.54) is 6.07 Å². The summed E-state index contributed by atoms with van der Waals surface area (Å²) in [4.78, 5) is 21.9. The maximum absolute atomic E-state index is 14.7. The molecule has 2 N–H and O–H groups in total. The number of carbonyl (C=O) groups excluding carboxylic acids is 1. The lowest BCUT2D eigenvalue weighted by atomic mass is 9.96. The third-order valence-electron chi connectivity index (χ3n) is 6.28. The molecule has 34 heavy (non-hydrogen) atoms. The van der Waals surface area contributed by atoms with Crippen LogP contribution in [-0.2, 0) is 18.2 Å². The monoisotopic (exact) mass is 463 g/mol. The number of aliphatic hydroxyl groups excluding tert-OH is 1. The minimum Gasteiger partial charge on any atom is -0.389 e. The zero-order chi connectivity index (χ0) is 23.7. The van der Waals surface area contributed by atoms with Crippen LogP contribution in [0, 0.1) is 5.82 Å². The molecule has 1 amide bonds. The summed E-state index contributed by atoms with van der Waals surface area (Å²) in [7, 11) is 1.88. The third-order valence-corrected chi connectivity index (χ3v) is 6.28. The van der Waals surface area contributed by atoms with Crippen LogP contribution in [0.5, 0.6) is 0 Å². The quantitative estimate of drug-likeness (QED) is 0.606. The van der Waals surface area contributed by atoms with Crippen LogP contribution in [0.15, 0.2) is 53.3 Å². The van der Waals surface area contributed by atoms with Crippen LogP contribution in [0.4, 0.5) is 4.39 Å². The number of aliphatic imine (C=N–C) groups is 1. The summed E-state index contributed by atoms with van der Waals surface area (Å²) < 4.78 is 21.6. The van der Waals surface area contributed by atoms with E-state index in [2.05, 4.69) is 26.5 Å². The predicted octanol–water partition coefficient (Wildman–Crippen LogP) is 2.67. The Kier molecular flexibility index (Phi) is 6.21. The highest BCUT2D eigenvalue weighted by molar-refractivity contribution is 5.96. The van der Waals surface area contributed by atoms with Crippen molar-refractivity contribution in [2.75, 3.05) is 13.2 Å². The fourth-order valence-corrected chi connectivity index (χ4v) is 4.41. The molecule has 1 fully saturated rings. The Morgan fingerprint density at radius 3 is 3.00 bits per heavy atom. The highest BCUT2D eigenvalue weighted by Crippen LogP contribution is 2.28. The number of fused-ring (bicyclic) bond motifs is 1. The van der Waals surface area contributed by atoms with Crippen molar-refractivity contribution in [1.29, 1.82) is 0 Å². The highest BCUT2D eigenvalue weighted by atomic mass is 19.1. The van der Waals surface area contributed by atoms with Gasteiger partial charge in [-0.25, -0.2) is 9.37 Å². The molecule has 0 saturated carbocycles. The van der Waals surface area contributed by atoms with E-state index in [0.29, 0.717) is 24.8 Å². The number of hydrogen-bond donors (Lipinski definition) is 2. The molecule has 2 aromatic heterocycles. The number of aromatic nitrogens is 3. The first-order chi connectivity index (χ1) is 16.5. The van der Waals surface area contributed by atoms with Crippen molar-refractivity contribution in [2.45, 2.75) is 37.5 Å². The SMILES string of the molecule is Cn1cc(C2CC=C(Cc3cc(C(=O)N[C@H]4CCOC[C@@H]4O)nc4c(F)cccc34)C=N2)cn1. The van der Waals surface area contributed by atoms with Crippen LogP contribution >= 0.6 is 0 Å². The van der Waals surface area contributed by atoms with Gasteiger partial charge in [0.05, 0.1) is 31.0 Å². The van der Waals surface area contributed by atoms with Crippen LogP contribution < -0.4 is 5.32 Å². The van der Waals surface area contributed by atoms with Crippen molar-refractivity contribution in [2.24, 2.45) is 12.0 Å². The van der Waals surface area contributed by atoms with Gasteiger partial charge in [0.1, 0.15) is 17.0 Å². The largest absolute Gasteiger partial charge is 0.389 e. The number of hydrogen-bond acceptors (Lipinski definition) is 6. The van der Waals surface area contributed by atoms with Crippen LogP contribution in [-0.4, -0.2) is 57.4 Å². The van der Waals surface area contributed by atoms with Gasteiger partial charge >= 0.3 is 0 Å². The van der Waals surface area contributed by atoms with Crippen molar-refractivity contribution in [3.05, 3.63) is 70.9 Å². The van der Waals surface area contributed by atoms with Gasteiger partial charge in [0.25, 0.3) is 5.91 Å². The van der Waals surface area contributed by atoms with Gasteiger partial charge in [-0.1, -0.05) is 18.2 Å². The number of dihydropyridines is 1. The number of allylic oxidation sites excluding steroid dienone is 1. The first kappa shape index (κ1) is 22.4. The number of carbonyl (C=O) groups is 1. The second-order valence-corrected chi connectivity index (χ2v) is 8.75. The van der Waals surface area contributed by atoms with Crippen LogP contribution in [0.3, 0.4) is 0 Å². The number of para-hydroxylation sites is 1. The van der Waals surface area contributed by atoms with Gasteiger partial charge in [0, 0.05) is 37.0 Å². The van der Waals surface area contributed by atoms with E-state index < -0.39 is 23.9 Å². The molecule has 1 aromatic carbocycles. The number of rotatable bonds is 5. The average Bonchev–Trinajstić information content (AvgIpc) is 3.27. The van der Waals surface area contributed by atoms with E-state index in [1.54, 1.807) is 16.8 Å². The topological polar surface area (TPSA) is 102 Å². The molecule has 2 aliphatic heterocycles. The van der Waals surface area contributed by atoms with Crippen molar-refractivity contribution in [3.63, 3.8) is 0 Å². The number of aryl methyl sites for hydroxylation is 1. The molecule has 4 heterocycles. The summed E-state index contributed by atoms with van der Waals surface area (Å²) in [6.07, 6.45) is 8.68. The van der Waals surface area contributed by atoms with Gasteiger partial charge in [-0.2, -0.15) is 5.10 Å². The number of aliphatic hydroxyl groups is 1. The Hall–Kier alpha value is -3.43. The second kappa shape index (κ2) is 9.44. The van der Waals surface area contributed by atoms with Crippen molar-refractivity contribution in [3.8, 4) is 0 Å². The molecular formula is C25H26FN5O3. The predicted molar refractivity (Wildman–Crippen MR) is 125 cm³/mol. The van der Waals surface area contributed by atoms with Crippen LogP contribution in [0.2, 0.25) is 0 Å². The van der Waals surface area contributed by atoms with Gasteiger partial charge in [0.2, 0.25) is 0 Å². The second-order valence-electron chi connectivity index (χ2n) is 8.75. The molecule has 2 aliphatic rings. The summed E-state index contributed by atoms with van der Waals surface area (Å²) in [5, 5.41) is 17.8. The molecule has 1 saturated heterocycles. The Morgan fingerprint density at radius 1 is 1.38 bits per heavy atom. The molecule has 9 heteroatoms. The van der Waals surface area contributed by atoms with Crippen molar-refractivity contribution in [1.82, 2.24) is 20.1 Å². The van der Waals surface area contributed by atoms with E-state index in [9.17, 15) is 14.3 Å². The minimum absolute atomic E-state index is 0.0244. The van der Waals surface area contributed by atoms with Gasteiger partial charge < -0.3 is 15.2 Å². The summed E-state index contributed by atoms with van der Waals surface area (Å²) in [5.41, 5.74) is 3.11. The molecule has 176 valence electrons. The van der Waals surface area contributed by atoms with Gasteiger partial charge in [0.15, 0.2) is 0 Å². The summed E-state index contributed by atoms with van der Waals surface area (Å²) in [6, 6.07) is 6.08. The Morgan fingerprint density at radius 2 is 2.26 bits per heavy atom. The van der Waals surface area contributed by atoms with E-state index in [-0.39, 0.29) is 23.9 Å².